The Bertz CT molecular complexity index is 1180. The maximum atomic E-state index is 13.8. The number of sulfonamides is 1. The smallest absolute Gasteiger partial charge is 0.244 e. The van der Waals surface area contributed by atoms with Crippen molar-refractivity contribution in [3.8, 4) is 0 Å². The van der Waals surface area contributed by atoms with Crippen molar-refractivity contribution >= 4 is 21.6 Å². The van der Waals surface area contributed by atoms with Gasteiger partial charge in [0, 0.05) is 31.2 Å². The van der Waals surface area contributed by atoms with Crippen LogP contribution in [0, 0.1) is 5.82 Å². The van der Waals surface area contributed by atoms with Gasteiger partial charge in [-0.05, 0) is 53.4 Å². The number of nitrogens with zero attached hydrogens (tertiary/aromatic N) is 2. The third-order valence-electron chi connectivity index (χ3n) is 5.05. The molecule has 0 atom stereocenters. The number of carbonyl (C=O) groups is 1. The number of pyridine rings is 1. The van der Waals surface area contributed by atoms with Crippen molar-refractivity contribution in [1.29, 1.82) is 0 Å². The minimum Gasteiger partial charge on any atom is -0.326 e. The third kappa shape index (κ3) is 4.24. The molecule has 3 aromatic rings. The quantitative estimate of drug-likeness (QED) is 0.681. The van der Waals surface area contributed by atoms with E-state index in [1.807, 2.05) is 6.07 Å². The van der Waals surface area contributed by atoms with Crippen LogP contribution in [0.2, 0.25) is 0 Å². The number of halogens is 1. The Labute approximate surface area is 174 Å². The zero-order valence-corrected chi connectivity index (χ0v) is 16.9. The van der Waals surface area contributed by atoms with Crippen molar-refractivity contribution in [3.05, 3.63) is 89.5 Å². The van der Waals surface area contributed by atoms with Gasteiger partial charge in [-0.3, -0.25) is 9.78 Å². The molecule has 0 spiro atoms. The van der Waals surface area contributed by atoms with Crippen LogP contribution in [0.1, 0.15) is 16.7 Å². The summed E-state index contributed by atoms with van der Waals surface area (Å²) < 4.78 is 40.9. The minimum absolute atomic E-state index is 0.0781. The van der Waals surface area contributed by atoms with Crippen LogP contribution in [-0.4, -0.2) is 30.2 Å². The first-order valence-corrected chi connectivity index (χ1v) is 10.9. The van der Waals surface area contributed by atoms with E-state index in [-0.39, 0.29) is 23.8 Å². The van der Waals surface area contributed by atoms with Gasteiger partial charge < -0.3 is 5.32 Å². The lowest BCUT2D eigenvalue weighted by molar-refractivity contribution is -0.115. The maximum Gasteiger partial charge on any atom is 0.244 e. The highest BCUT2D eigenvalue weighted by atomic mass is 32.2. The molecule has 1 amide bonds. The normalized spacial score (nSPS) is 14.2. The molecule has 0 unspecified atom stereocenters. The van der Waals surface area contributed by atoms with E-state index in [9.17, 15) is 17.6 Å². The zero-order chi connectivity index (χ0) is 21.1. The van der Waals surface area contributed by atoms with Gasteiger partial charge in [-0.1, -0.05) is 24.3 Å². The molecule has 0 fully saturated rings. The van der Waals surface area contributed by atoms with E-state index in [1.54, 1.807) is 36.4 Å². The molecule has 6 nitrogen and oxygen atoms in total. The van der Waals surface area contributed by atoms with Crippen molar-refractivity contribution in [3.63, 3.8) is 0 Å². The highest BCUT2D eigenvalue weighted by molar-refractivity contribution is 7.89. The topological polar surface area (TPSA) is 79.4 Å². The molecule has 8 heteroatoms. The summed E-state index contributed by atoms with van der Waals surface area (Å²) in [6.45, 7) is 0.590. The van der Waals surface area contributed by atoms with Crippen molar-refractivity contribution in [1.82, 2.24) is 9.29 Å². The van der Waals surface area contributed by atoms with Gasteiger partial charge in [-0.15, -0.1) is 0 Å². The van der Waals surface area contributed by atoms with Crippen LogP contribution in [0.5, 0.6) is 0 Å². The average Bonchev–Trinajstić information content (AvgIpc) is 2.75. The van der Waals surface area contributed by atoms with Gasteiger partial charge in [0.1, 0.15) is 10.7 Å². The van der Waals surface area contributed by atoms with E-state index in [2.05, 4.69) is 10.3 Å². The number of aromatic nitrogens is 1. The molecule has 1 aliphatic heterocycles. The van der Waals surface area contributed by atoms with Crippen LogP contribution >= 0.6 is 0 Å². The lowest BCUT2D eigenvalue weighted by Gasteiger charge is -2.28. The molecule has 154 valence electrons. The summed E-state index contributed by atoms with van der Waals surface area (Å²) in [5.41, 5.74) is 2.74. The molecule has 1 aromatic heterocycles. The maximum absolute atomic E-state index is 13.8. The van der Waals surface area contributed by atoms with E-state index < -0.39 is 15.8 Å². The van der Waals surface area contributed by atoms with Crippen LogP contribution in [0.15, 0.2) is 71.9 Å². The molecule has 4 rings (SSSR count). The number of carbonyl (C=O) groups excluding carboxylic acids is 1. The van der Waals surface area contributed by atoms with Gasteiger partial charge in [0.2, 0.25) is 15.9 Å². The second kappa shape index (κ2) is 8.33. The summed E-state index contributed by atoms with van der Waals surface area (Å²) in [6, 6.07) is 14.7. The Kier molecular flexibility index (Phi) is 5.61. The monoisotopic (exact) mass is 425 g/mol. The number of fused-ring (bicyclic) bond motifs is 1. The number of hydrogen-bond donors (Lipinski definition) is 1. The van der Waals surface area contributed by atoms with Crippen molar-refractivity contribution in [2.45, 2.75) is 24.3 Å². The van der Waals surface area contributed by atoms with Gasteiger partial charge in [0.25, 0.3) is 0 Å². The summed E-state index contributed by atoms with van der Waals surface area (Å²) in [4.78, 5) is 16.4. The molecule has 1 N–H and O–H groups in total. The van der Waals surface area contributed by atoms with Crippen LogP contribution in [0.4, 0.5) is 10.1 Å². The van der Waals surface area contributed by atoms with Crippen molar-refractivity contribution < 1.29 is 17.6 Å². The van der Waals surface area contributed by atoms with E-state index in [0.29, 0.717) is 24.2 Å². The van der Waals surface area contributed by atoms with Crippen LogP contribution in [-0.2, 0) is 34.2 Å². The Balaban J connectivity index is 1.49. The molecule has 0 bridgehead atoms. The summed E-state index contributed by atoms with van der Waals surface area (Å²) in [5.74, 6) is -0.759. The predicted octanol–water partition coefficient (Wildman–Crippen LogP) is 3.15. The molecule has 0 radical (unpaired) electrons. The SMILES string of the molecule is O=C(Cc1ccccc1F)Nc1ccc2c(c1)CN(S(=O)(=O)c1cccnc1)CC2. The summed E-state index contributed by atoms with van der Waals surface area (Å²) in [7, 11) is -3.64. The summed E-state index contributed by atoms with van der Waals surface area (Å²) in [5, 5.41) is 2.77. The molecule has 2 heterocycles. The lowest BCUT2D eigenvalue weighted by atomic mass is 10.0. The molecule has 30 heavy (non-hydrogen) atoms. The molecule has 0 saturated heterocycles. The van der Waals surface area contributed by atoms with E-state index in [0.717, 1.165) is 11.1 Å². The Morgan fingerprint density at radius 3 is 2.70 bits per heavy atom. The summed E-state index contributed by atoms with van der Waals surface area (Å²) in [6.07, 6.45) is 3.37. The Hall–Kier alpha value is -3.10. The first-order valence-electron chi connectivity index (χ1n) is 9.49. The van der Waals surface area contributed by atoms with Crippen molar-refractivity contribution in [2.75, 3.05) is 11.9 Å². The fourth-order valence-electron chi connectivity index (χ4n) is 3.48. The Morgan fingerprint density at radius 1 is 1.10 bits per heavy atom. The second-order valence-corrected chi connectivity index (χ2v) is 9.02. The first kappa shape index (κ1) is 20.2. The first-order chi connectivity index (χ1) is 14.4. The minimum atomic E-state index is -3.64. The standard InChI is InChI=1S/C22H20FN3O3S/c23-21-6-2-1-4-17(21)13-22(27)25-19-8-7-16-9-11-26(15-18(16)12-19)30(28,29)20-5-3-10-24-14-20/h1-8,10,12,14H,9,11,13,15H2,(H,25,27). The fourth-order valence-corrected chi connectivity index (χ4v) is 4.87. The van der Waals surface area contributed by atoms with Crippen LogP contribution < -0.4 is 5.32 Å². The fraction of sp³-hybridized carbons (Fsp3) is 0.182. The van der Waals surface area contributed by atoms with Gasteiger partial charge in [-0.25, -0.2) is 12.8 Å². The lowest BCUT2D eigenvalue weighted by Crippen LogP contribution is -2.36. The number of anilines is 1. The molecule has 1 aliphatic rings. The molecule has 0 aliphatic carbocycles. The molecule has 0 saturated carbocycles. The highest BCUT2D eigenvalue weighted by Crippen LogP contribution is 2.27. The van der Waals surface area contributed by atoms with Gasteiger partial charge in [0.15, 0.2) is 0 Å². The highest BCUT2D eigenvalue weighted by Gasteiger charge is 2.28. The van der Waals surface area contributed by atoms with Gasteiger partial charge in [0.05, 0.1) is 6.42 Å². The van der Waals surface area contributed by atoms with Crippen molar-refractivity contribution in [2.24, 2.45) is 0 Å². The number of rotatable bonds is 5. The van der Waals surface area contributed by atoms with E-state index in [4.69, 9.17) is 0 Å². The molecular formula is C22H20FN3O3S. The van der Waals surface area contributed by atoms with Gasteiger partial charge >= 0.3 is 0 Å². The number of amides is 1. The van der Waals surface area contributed by atoms with E-state index in [1.165, 1.54) is 28.8 Å². The second-order valence-electron chi connectivity index (χ2n) is 7.08. The summed E-state index contributed by atoms with van der Waals surface area (Å²) >= 11 is 0. The largest absolute Gasteiger partial charge is 0.326 e. The number of benzene rings is 2. The number of hydrogen-bond acceptors (Lipinski definition) is 4. The van der Waals surface area contributed by atoms with Crippen LogP contribution in [0.3, 0.4) is 0 Å². The Morgan fingerprint density at radius 2 is 1.93 bits per heavy atom. The van der Waals surface area contributed by atoms with E-state index >= 15 is 0 Å². The third-order valence-corrected chi connectivity index (χ3v) is 6.88. The van der Waals surface area contributed by atoms with Crippen LogP contribution in [0.25, 0.3) is 0 Å². The number of nitrogens with one attached hydrogen (secondary N) is 1. The molecule has 2 aromatic carbocycles. The average molecular weight is 425 g/mol. The van der Waals surface area contributed by atoms with Gasteiger partial charge in [-0.2, -0.15) is 4.31 Å². The predicted molar refractivity (Wildman–Crippen MR) is 111 cm³/mol. The molecular weight excluding hydrogens is 405 g/mol. The zero-order valence-electron chi connectivity index (χ0n) is 16.1.